The highest BCUT2D eigenvalue weighted by Crippen LogP contribution is 2.50. The zero-order chi connectivity index (χ0) is 90.1. The molecule has 0 aliphatic rings. The number of furan rings is 4. The maximum Gasteiger partial charge on any atom is 0.235 e. The van der Waals surface area contributed by atoms with E-state index in [4.69, 9.17) is 27.6 Å². The van der Waals surface area contributed by atoms with Gasteiger partial charge in [-0.1, -0.05) is 291 Å². The molecule has 32 rings (SSSR count). The highest BCUT2D eigenvalue weighted by Gasteiger charge is 2.28. The van der Waals surface area contributed by atoms with Gasteiger partial charge in [0.2, 0.25) is 5.95 Å². The van der Waals surface area contributed by atoms with Gasteiger partial charge in [-0.25, -0.2) is 9.97 Å². The highest BCUT2D eigenvalue weighted by atomic mass is 16.3. The first-order valence-electron chi connectivity index (χ1n) is 47.0. The van der Waals surface area contributed by atoms with Crippen molar-refractivity contribution in [2.24, 2.45) is 0 Å². The van der Waals surface area contributed by atoms with Crippen molar-refractivity contribution in [3.05, 3.63) is 449 Å². The van der Waals surface area contributed by atoms with E-state index >= 15 is 0 Å². The van der Waals surface area contributed by atoms with Crippen LogP contribution in [0.5, 0.6) is 0 Å². The molecule has 9 aromatic heterocycles. The van der Waals surface area contributed by atoms with Crippen molar-refractivity contribution >= 4 is 218 Å². The standard InChI is InChI=1S/C46H27N3O.C44H26N2O.C38H21NO2/c1-2-9-28(10-3-1)29-17-19-31(20-18-29)45-36-13-4-6-14-38(36)47-46(48-45)49-39-15-8-11-30-21-23-35-33(24-25-40(49)44(35)43(30)39)32-22-26-42-37(27-32)34-12-5-7-16-41(34)50-42;1-2-10-29(11-3-1)45-37-14-6-4-12-32(37)35-26-30(19-22-38(35)45)46-39-15-8-9-27-17-20-34-31(21-23-40(46)44(34)43(27)39)28-18-24-42-36(25-28)33-13-5-7-16-41(33)47-42;1-3-10-33-26(7-1)29-20-23(13-18-35(29)40-33)25-16-17-32-38-28(25)15-12-22-6-5-9-31(37(22)38)39(32)24-14-19-36-30(21-24)27-8-2-4-11-34(27)41-36/h1-27H;1-26H;1-21H. The molecule has 0 atom stereocenters. The summed E-state index contributed by atoms with van der Waals surface area (Å²) in [5, 5.41) is 27.7. The van der Waals surface area contributed by atoms with Gasteiger partial charge in [-0.3, -0.25) is 4.57 Å². The van der Waals surface area contributed by atoms with Gasteiger partial charge >= 0.3 is 0 Å². The van der Waals surface area contributed by atoms with Crippen LogP contribution in [0.4, 0.5) is 0 Å². The number of para-hydroxylation sites is 7. The Bertz CT molecular complexity index is 10600. The van der Waals surface area contributed by atoms with Gasteiger partial charge in [-0.05, 0) is 235 Å². The lowest BCUT2D eigenvalue weighted by molar-refractivity contribution is 0.668. The summed E-state index contributed by atoms with van der Waals surface area (Å²) in [6.45, 7) is 0. The molecular formula is C128H74N6O4. The van der Waals surface area contributed by atoms with Crippen LogP contribution < -0.4 is 0 Å². The van der Waals surface area contributed by atoms with E-state index in [1.54, 1.807) is 0 Å². The third-order valence-electron chi connectivity index (χ3n) is 29.0. The lowest BCUT2D eigenvalue weighted by atomic mass is 9.94. The second-order valence-corrected chi connectivity index (χ2v) is 36.4. The Morgan fingerprint density at radius 2 is 0.486 bits per heavy atom. The predicted molar refractivity (Wildman–Crippen MR) is 572 cm³/mol. The molecule has 0 N–H and O–H groups in total. The summed E-state index contributed by atoms with van der Waals surface area (Å²) in [5.41, 5.74) is 32.7. The maximum absolute atomic E-state index is 6.16. The molecule has 0 spiro atoms. The number of benzene rings is 23. The molecule has 10 heteroatoms. The number of hydrogen-bond donors (Lipinski definition) is 0. The third-order valence-corrected chi connectivity index (χ3v) is 29.0. The second kappa shape index (κ2) is 29.4. The summed E-state index contributed by atoms with van der Waals surface area (Å²) in [6, 6.07) is 160. The Kier molecular flexibility index (Phi) is 16.2. The molecule has 0 fully saturated rings. The molecule has 0 saturated carbocycles. The molecule has 0 aliphatic heterocycles. The van der Waals surface area contributed by atoms with Crippen LogP contribution >= 0.6 is 0 Å². The minimum atomic E-state index is 0.662. The molecule has 9 heterocycles. The molecule has 0 saturated heterocycles. The van der Waals surface area contributed by atoms with Crippen LogP contribution in [-0.2, 0) is 0 Å². The Morgan fingerprint density at radius 3 is 0.971 bits per heavy atom. The molecule has 10 nitrogen and oxygen atoms in total. The largest absolute Gasteiger partial charge is 0.456 e. The van der Waals surface area contributed by atoms with Crippen LogP contribution in [0.15, 0.2) is 467 Å². The van der Waals surface area contributed by atoms with Crippen LogP contribution in [0.25, 0.3) is 297 Å². The number of rotatable bonds is 9. The lowest BCUT2D eigenvalue weighted by Crippen LogP contribution is -2.03. The molecule has 0 amide bonds. The summed E-state index contributed by atoms with van der Waals surface area (Å²) in [6.07, 6.45) is 0. The van der Waals surface area contributed by atoms with Gasteiger partial charge < -0.3 is 31.4 Å². The number of hydrogen-bond acceptors (Lipinski definition) is 6. The molecule has 0 radical (unpaired) electrons. The number of nitrogens with zero attached hydrogens (tertiary/aromatic N) is 6. The van der Waals surface area contributed by atoms with Gasteiger partial charge in [-0.2, -0.15) is 0 Å². The zero-order valence-electron chi connectivity index (χ0n) is 74.0. The van der Waals surface area contributed by atoms with Gasteiger partial charge in [0.25, 0.3) is 0 Å². The molecular weight excluding hydrogens is 1690 g/mol. The Balaban J connectivity index is 0.0000000982. The van der Waals surface area contributed by atoms with Gasteiger partial charge in [0.15, 0.2) is 0 Å². The van der Waals surface area contributed by atoms with E-state index in [2.05, 4.69) is 407 Å². The first-order chi connectivity index (χ1) is 68.4. The minimum absolute atomic E-state index is 0.662. The monoisotopic (exact) mass is 1760 g/mol. The third kappa shape index (κ3) is 11.3. The second-order valence-electron chi connectivity index (χ2n) is 36.4. The molecule has 0 aliphatic carbocycles. The number of aromatic nitrogens is 6. The van der Waals surface area contributed by atoms with Crippen LogP contribution in [-0.4, -0.2) is 28.2 Å². The summed E-state index contributed by atoms with van der Waals surface area (Å²) in [5.74, 6) is 0.662. The molecule has 0 unspecified atom stereocenters. The van der Waals surface area contributed by atoms with Crippen LogP contribution in [0.3, 0.4) is 0 Å². The first kappa shape index (κ1) is 76.0. The fourth-order valence-electron chi connectivity index (χ4n) is 22.9. The van der Waals surface area contributed by atoms with Crippen molar-refractivity contribution in [1.82, 2.24) is 28.2 Å². The molecule has 32 aromatic rings. The summed E-state index contributed by atoms with van der Waals surface area (Å²) in [7, 11) is 0. The van der Waals surface area contributed by atoms with Gasteiger partial charge in [0.1, 0.15) is 44.7 Å². The molecule has 0 bridgehead atoms. The fourth-order valence-corrected chi connectivity index (χ4v) is 22.9. The minimum Gasteiger partial charge on any atom is -0.456 e. The van der Waals surface area contributed by atoms with Crippen LogP contribution in [0, 0.1) is 0 Å². The van der Waals surface area contributed by atoms with Crippen LogP contribution in [0.1, 0.15) is 0 Å². The van der Waals surface area contributed by atoms with Crippen molar-refractivity contribution < 1.29 is 17.7 Å². The van der Waals surface area contributed by atoms with Crippen molar-refractivity contribution in [2.75, 3.05) is 0 Å². The fraction of sp³-hybridized carbons (Fsp3) is 0. The van der Waals surface area contributed by atoms with Gasteiger partial charge in [-0.15, -0.1) is 0 Å². The Hall–Kier alpha value is -18.6. The first-order valence-corrected chi connectivity index (χ1v) is 47.0. The maximum atomic E-state index is 6.16. The average Bonchev–Trinajstić information content (AvgIpc) is 1.56. The number of fused-ring (bicyclic) bond motifs is 16. The highest BCUT2D eigenvalue weighted by molar-refractivity contribution is 6.31. The van der Waals surface area contributed by atoms with E-state index in [-0.39, 0.29) is 0 Å². The normalized spacial score (nSPS) is 12.2. The Labute approximate surface area is 786 Å². The summed E-state index contributed by atoms with van der Waals surface area (Å²) >= 11 is 0. The van der Waals surface area contributed by atoms with Crippen LogP contribution in [0.2, 0.25) is 0 Å². The van der Waals surface area contributed by atoms with E-state index in [0.29, 0.717) is 5.95 Å². The van der Waals surface area contributed by atoms with E-state index in [1.165, 1.54) is 153 Å². The average molecular weight is 1760 g/mol. The predicted octanol–water partition coefficient (Wildman–Crippen LogP) is 35.1. The summed E-state index contributed by atoms with van der Waals surface area (Å²) in [4.78, 5) is 10.6. The van der Waals surface area contributed by atoms with Crippen molar-refractivity contribution in [3.8, 4) is 78.8 Å². The van der Waals surface area contributed by atoms with Crippen molar-refractivity contribution in [3.63, 3.8) is 0 Å². The Morgan fingerprint density at radius 1 is 0.159 bits per heavy atom. The molecule has 138 heavy (non-hydrogen) atoms. The lowest BCUT2D eigenvalue weighted by Gasteiger charge is -2.12. The van der Waals surface area contributed by atoms with Gasteiger partial charge in [0, 0.05) is 114 Å². The zero-order valence-corrected chi connectivity index (χ0v) is 74.0. The van der Waals surface area contributed by atoms with Crippen molar-refractivity contribution in [2.45, 2.75) is 0 Å². The van der Waals surface area contributed by atoms with E-state index in [9.17, 15) is 0 Å². The summed E-state index contributed by atoms with van der Waals surface area (Å²) < 4.78 is 34.0. The van der Waals surface area contributed by atoms with E-state index in [0.717, 1.165) is 138 Å². The smallest absolute Gasteiger partial charge is 0.235 e. The van der Waals surface area contributed by atoms with Crippen molar-refractivity contribution in [1.29, 1.82) is 0 Å². The molecule has 640 valence electrons. The topological polar surface area (TPSA) is 98.1 Å². The van der Waals surface area contributed by atoms with E-state index in [1.807, 2.05) is 60.7 Å². The molecule has 23 aromatic carbocycles. The SMILES string of the molecule is c1ccc(-c2ccc(-c3nc(-n4c5cccc6ccc7c(-c8ccc9oc%10ccccc%10c9c8)ccc4c7c65)nc4ccccc34)cc2)cc1.c1ccc(-n2c3ccccc3c3cc(-n4c5cccc6ccc7c(-c8ccc9oc%10ccccc%10c9c8)ccc4c7c65)ccc32)cc1.c1ccc2c(c1)oc1ccc(-c3ccc4c5c3ccc3cccc(c35)n4-c3ccc4oc5ccccc5c4c3)cc12. The quantitative estimate of drug-likeness (QED) is 0.134. The van der Waals surface area contributed by atoms with E-state index < -0.39 is 0 Å². The van der Waals surface area contributed by atoms with Gasteiger partial charge in [0.05, 0.1) is 55.3 Å².